The van der Waals surface area contributed by atoms with Gasteiger partial charge >= 0.3 is 0 Å². The van der Waals surface area contributed by atoms with E-state index in [9.17, 15) is 0 Å². The van der Waals surface area contributed by atoms with Crippen molar-refractivity contribution in [1.82, 2.24) is 0 Å². The van der Waals surface area contributed by atoms with Crippen molar-refractivity contribution in [3.05, 3.63) is 42.1 Å². The lowest BCUT2D eigenvalue weighted by Gasteiger charge is -2.10. The van der Waals surface area contributed by atoms with Crippen molar-refractivity contribution >= 4 is 10.9 Å². The van der Waals surface area contributed by atoms with E-state index < -0.39 is 0 Å². The number of rotatable bonds is 2. The minimum atomic E-state index is 0.503. The van der Waals surface area contributed by atoms with E-state index in [1.807, 2.05) is 0 Å². The fourth-order valence-corrected chi connectivity index (χ4v) is 2.22. The zero-order valence-corrected chi connectivity index (χ0v) is 10.6. The molecule has 0 amide bonds. The van der Waals surface area contributed by atoms with Gasteiger partial charge in [0.25, 0.3) is 0 Å². The Morgan fingerprint density at radius 1 is 0.938 bits per heavy atom. The highest BCUT2D eigenvalue weighted by molar-refractivity contribution is 5.79. The van der Waals surface area contributed by atoms with Gasteiger partial charge < -0.3 is 0 Å². The molecule has 0 radical (unpaired) electrons. The molecule has 0 spiro atoms. The first kappa shape index (κ1) is 11.1. The molecule has 1 heteroatoms. The molecule has 0 unspecified atom stereocenters. The largest absolute Gasteiger partial charge is 0.216 e. The number of para-hydroxylation sites is 1. The number of hydrogen-bond donors (Lipinski definition) is 0. The summed E-state index contributed by atoms with van der Waals surface area (Å²) >= 11 is 0. The second-order valence-corrected chi connectivity index (χ2v) is 4.95. The average Bonchev–Trinajstić information content (AvgIpc) is 2.27. The van der Waals surface area contributed by atoms with E-state index in [2.05, 4.69) is 68.8 Å². The molecule has 0 fully saturated rings. The topological polar surface area (TPSA) is 3.88 Å². The Bertz CT molecular complexity index is 455. The molecule has 0 aliphatic rings. The van der Waals surface area contributed by atoms with E-state index in [-0.39, 0.29) is 0 Å². The lowest BCUT2D eigenvalue weighted by Crippen LogP contribution is -2.37. The third kappa shape index (κ3) is 1.82. The van der Waals surface area contributed by atoms with Gasteiger partial charge in [-0.3, -0.25) is 0 Å². The van der Waals surface area contributed by atoms with Crippen LogP contribution in [-0.4, -0.2) is 0 Å². The molecule has 1 aromatic carbocycles. The maximum absolute atomic E-state index is 2.37. The Morgan fingerprint density at radius 3 is 2.25 bits per heavy atom. The lowest BCUT2D eigenvalue weighted by molar-refractivity contribution is -0.691. The summed E-state index contributed by atoms with van der Waals surface area (Å²) in [5.74, 6) is 0.566. The molecule has 2 aromatic rings. The van der Waals surface area contributed by atoms with E-state index in [0.717, 1.165) is 0 Å². The van der Waals surface area contributed by atoms with Crippen LogP contribution in [-0.2, 0) is 0 Å². The molecule has 0 aliphatic heterocycles. The van der Waals surface area contributed by atoms with Gasteiger partial charge in [-0.1, -0.05) is 26.0 Å². The Hall–Kier alpha value is -1.37. The molecule has 1 aromatic heterocycles. The zero-order chi connectivity index (χ0) is 11.7. The third-order valence-electron chi connectivity index (χ3n) is 3.06. The standard InChI is InChI=1S/C15H20N/c1-11(2)14-9-5-7-13-8-6-10-16(12(3)4)15(13)14/h5-12H,1-4H3/q+1. The molecule has 0 N–H and O–H groups in total. The van der Waals surface area contributed by atoms with Crippen molar-refractivity contribution < 1.29 is 4.57 Å². The number of hydrogen-bond acceptors (Lipinski definition) is 0. The molecule has 0 atom stereocenters. The van der Waals surface area contributed by atoms with Crippen molar-refractivity contribution in [1.29, 1.82) is 0 Å². The summed E-state index contributed by atoms with van der Waals surface area (Å²) in [5, 5.41) is 1.34. The normalized spacial score (nSPS) is 11.6. The summed E-state index contributed by atoms with van der Waals surface area (Å²) in [6.45, 7) is 8.98. The van der Waals surface area contributed by atoms with Crippen LogP contribution in [0.25, 0.3) is 10.9 Å². The maximum atomic E-state index is 2.37. The predicted molar refractivity (Wildman–Crippen MR) is 68.6 cm³/mol. The Kier molecular flexibility index (Phi) is 2.95. The zero-order valence-electron chi connectivity index (χ0n) is 10.6. The number of fused-ring (bicyclic) bond motifs is 1. The van der Waals surface area contributed by atoms with Crippen LogP contribution in [0.1, 0.15) is 45.2 Å². The highest BCUT2D eigenvalue weighted by Crippen LogP contribution is 2.23. The van der Waals surface area contributed by atoms with E-state index in [0.29, 0.717) is 12.0 Å². The van der Waals surface area contributed by atoms with Gasteiger partial charge in [-0.25, -0.2) is 0 Å². The van der Waals surface area contributed by atoms with Crippen molar-refractivity contribution in [3.8, 4) is 0 Å². The summed E-state index contributed by atoms with van der Waals surface area (Å²) in [6.07, 6.45) is 2.18. The van der Waals surface area contributed by atoms with Gasteiger partial charge in [-0.2, -0.15) is 4.57 Å². The summed E-state index contributed by atoms with van der Waals surface area (Å²) in [4.78, 5) is 0. The first-order valence-corrected chi connectivity index (χ1v) is 6.04. The monoisotopic (exact) mass is 214 g/mol. The fourth-order valence-electron chi connectivity index (χ4n) is 2.22. The predicted octanol–water partition coefficient (Wildman–Crippen LogP) is 3.83. The summed E-state index contributed by atoms with van der Waals surface area (Å²) in [6, 6.07) is 11.4. The highest BCUT2D eigenvalue weighted by Gasteiger charge is 2.17. The van der Waals surface area contributed by atoms with Crippen LogP contribution in [0.3, 0.4) is 0 Å². The Labute approximate surface area is 97.7 Å². The van der Waals surface area contributed by atoms with E-state index in [4.69, 9.17) is 0 Å². The van der Waals surface area contributed by atoms with Crippen LogP contribution in [0.5, 0.6) is 0 Å². The van der Waals surface area contributed by atoms with E-state index in [1.165, 1.54) is 16.5 Å². The molecule has 0 saturated heterocycles. The second kappa shape index (κ2) is 4.25. The van der Waals surface area contributed by atoms with E-state index in [1.54, 1.807) is 0 Å². The SMILES string of the molecule is CC(C)c1cccc2ccc[n+](C(C)C)c12. The van der Waals surface area contributed by atoms with Gasteiger partial charge in [0.2, 0.25) is 5.52 Å². The second-order valence-electron chi connectivity index (χ2n) is 4.95. The van der Waals surface area contributed by atoms with Crippen LogP contribution >= 0.6 is 0 Å². The smallest absolute Gasteiger partial charge is 0.196 e. The van der Waals surface area contributed by atoms with Crippen molar-refractivity contribution in [2.75, 3.05) is 0 Å². The minimum Gasteiger partial charge on any atom is -0.196 e. The summed E-state index contributed by atoms with van der Waals surface area (Å²) in [7, 11) is 0. The maximum Gasteiger partial charge on any atom is 0.216 e. The van der Waals surface area contributed by atoms with Crippen molar-refractivity contribution in [2.24, 2.45) is 0 Å². The minimum absolute atomic E-state index is 0.503. The Balaban J connectivity index is 2.82. The van der Waals surface area contributed by atoms with Gasteiger partial charge in [0.1, 0.15) is 0 Å². The van der Waals surface area contributed by atoms with E-state index >= 15 is 0 Å². The van der Waals surface area contributed by atoms with Gasteiger partial charge in [0.05, 0.1) is 0 Å². The molecule has 0 bridgehead atoms. The molecule has 2 rings (SSSR count). The van der Waals surface area contributed by atoms with Gasteiger partial charge in [-0.15, -0.1) is 0 Å². The molecular formula is C15H20N+. The van der Waals surface area contributed by atoms with Crippen LogP contribution < -0.4 is 4.57 Å². The highest BCUT2D eigenvalue weighted by atomic mass is 15.0. The lowest BCUT2D eigenvalue weighted by atomic mass is 9.99. The van der Waals surface area contributed by atoms with Crippen LogP contribution in [0.4, 0.5) is 0 Å². The Morgan fingerprint density at radius 2 is 1.62 bits per heavy atom. The number of pyridine rings is 1. The first-order valence-electron chi connectivity index (χ1n) is 6.04. The average molecular weight is 214 g/mol. The van der Waals surface area contributed by atoms with Crippen molar-refractivity contribution in [2.45, 2.75) is 39.7 Å². The summed E-state index contributed by atoms with van der Waals surface area (Å²) < 4.78 is 2.37. The molecule has 84 valence electrons. The van der Waals surface area contributed by atoms with Crippen LogP contribution in [0.2, 0.25) is 0 Å². The van der Waals surface area contributed by atoms with Gasteiger partial charge in [0, 0.05) is 17.0 Å². The number of aromatic nitrogens is 1. The van der Waals surface area contributed by atoms with Crippen LogP contribution in [0, 0.1) is 0 Å². The molecule has 0 aliphatic carbocycles. The van der Waals surface area contributed by atoms with Crippen LogP contribution in [0.15, 0.2) is 36.5 Å². The quantitative estimate of drug-likeness (QED) is 0.669. The molecule has 0 saturated carbocycles. The van der Waals surface area contributed by atoms with Crippen molar-refractivity contribution in [3.63, 3.8) is 0 Å². The molecular weight excluding hydrogens is 194 g/mol. The summed E-state index contributed by atoms with van der Waals surface area (Å²) in [5.41, 5.74) is 2.82. The van der Waals surface area contributed by atoms with Gasteiger partial charge in [-0.05, 0) is 31.9 Å². The number of nitrogens with zero attached hydrogens (tertiary/aromatic N) is 1. The first-order chi connectivity index (χ1) is 7.61. The third-order valence-corrected chi connectivity index (χ3v) is 3.06. The molecule has 16 heavy (non-hydrogen) atoms. The van der Waals surface area contributed by atoms with Gasteiger partial charge in [0.15, 0.2) is 12.2 Å². The number of benzene rings is 1. The molecule has 1 nitrogen and oxygen atoms in total. The molecule has 1 heterocycles. The fraction of sp³-hybridized carbons (Fsp3) is 0.400.